The molecule has 2 rings (SSSR count). The van der Waals surface area contributed by atoms with Gasteiger partial charge in [-0.1, -0.05) is 19.8 Å². The van der Waals surface area contributed by atoms with Crippen molar-refractivity contribution in [2.45, 2.75) is 32.6 Å². The molecule has 0 aliphatic heterocycles. The molecule has 0 N–H and O–H groups in total. The highest BCUT2D eigenvalue weighted by Gasteiger charge is 2.29. The van der Waals surface area contributed by atoms with Crippen LogP contribution in [0.5, 0.6) is 5.75 Å². The third-order valence-electron chi connectivity index (χ3n) is 3.43. The molecule has 0 radical (unpaired) electrons. The average molecular weight is 248 g/mol. The smallest absolute Gasteiger partial charge is 0.188 e. The number of carbonyl (C=O) groups is 1. The number of ketones is 1. The average Bonchev–Trinajstić information content (AvgIpc) is 2.70. The lowest BCUT2D eigenvalue weighted by molar-refractivity contribution is 0.0511. The second kappa shape index (κ2) is 6.01. The molecule has 1 aromatic rings. The zero-order valence-electron chi connectivity index (χ0n) is 11.1. The zero-order chi connectivity index (χ0) is 13.0. The number of fused-ring (bicyclic) bond motifs is 1. The minimum Gasteiger partial charge on any atom is -0.468 e. The number of benzene rings is 1. The predicted molar refractivity (Wildman–Crippen MR) is 70.0 cm³/mol. The Balaban J connectivity index is 2.08. The van der Waals surface area contributed by atoms with Crippen LogP contribution in [0.2, 0.25) is 0 Å². The van der Waals surface area contributed by atoms with Crippen LogP contribution in [0.15, 0.2) is 18.2 Å². The van der Waals surface area contributed by atoms with Gasteiger partial charge in [-0.3, -0.25) is 4.79 Å². The molecule has 18 heavy (non-hydrogen) atoms. The molecule has 98 valence electrons. The normalized spacial score (nSPS) is 17.9. The first-order valence-corrected chi connectivity index (χ1v) is 6.55. The number of Topliss-reactive ketones (excluding diaryl/α,β-unsaturated/α-hetero) is 1. The molecular formula is C15H20O3. The minimum absolute atomic E-state index is 0.178. The standard InChI is InChI=1S/C15H20O3/c1-3-4-5-11-8-12-9-13(18-10-17-2)6-7-14(12)15(11)16/h6-7,9,11H,3-5,8,10H2,1-2H3. The summed E-state index contributed by atoms with van der Waals surface area (Å²) < 4.78 is 10.3. The van der Waals surface area contributed by atoms with Crippen LogP contribution in [-0.2, 0) is 11.2 Å². The number of rotatable bonds is 6. The Morgan fingerprint density at radius 2 is 2.22 bits per heavy atom. The fraction of sp³-hybridized carbons (Fsp3) is 0.533. The van der Waals surface area contributed by atoms with E-state index in [1.807, 2.05) is 18.2 Å². The number of unbranched alkanes of at least 4 members (excludes halogenated alkanes) is 1. The van der Waals surface area contributed by atoms with Crippen LogP contribution in [0, 0.1) is 5.92 Å². The van der Waals surface area contributed by atoms with Crippen LogP contribution in [0.25, 0.3) is 0 Å². The lowest BCUT2D eigenvalue weighted by Crippen LogP contribution is -2.08. The summed E-state index contributed by atoms with van der Waals surface area (Å²) in [4.78, 5) is 12.2. The third kappa shape index (κ3) is 2.72. The number of hydrogen-bond acceptors (Lipinski definition) is 3. The van der Waals surface area contributed by atoms with Gasteiger partial charge < -0.3 is 9.47 Å². The van der Waals surface area contributed by atoms with Gasteiger partial charge >= 0.3 is 0 Å². The van der Waals surface area contributed by atoms with Crippen molar-refractivity contribution in [2.75, 3.05) is 13.9 Å². The summed E-state index contributed by atoms with van der Waals surface area (Å²) in [5, 5.41) is 0. The van der Waals surface area contributed by atoms with E-state index in [-0.39, 0.29) is 12.7 Å². The highest BCUT2D eigenvalue weighted by Crippen LogP contribution is 2.32. The van der Waals surface area contributed by atoms with Crippen molar-refractivity contribution in [1.29, 1.82) is 0 Å². The highest BCUT2D eigenvalue weighted by molar-refractivity contribution is 6.02. The summed E-state index contributed by atoms with van der Waals surface area (Å²) in [6.07, 6.45) is 4.12. The Morgan fingerprint density at radius 1 is 1.39 bits per heavy atom. The van der Waals surface area contributed by atoms with Gasteiger partial charge in [-0.2, -0.15) is 0 Å². The molecule has 1 aliphatic rings. The fourth-order valence-electron chi connectivity index (χ4n) is 2.46. The van der Waals surface area contributed by atoms with Crippen LogP contribution < -0.4 is 4.74 Å². The van der Waals surface area contributed by atoms with E-state index in [9.17, 15) is 4.79 Å². The predicted octanol–water partition coefficient (Wildman–Crippen LogP) is 3.21. The third-order valence-corrected chi connectivity index (χ3v) is 3.43. The molecule has 1 aromatic carbocycles. The van der Waals surface area contributed by atoms with Crippen molar-refractivity contribution in [3.05, 3.63) is 29.3 Å². The van der Waals surface area contributed by atoms with Crippen molar-refractivity contribution in [3.8, 4) is 5.75 Å². The lowest BCUT2D eigenvalue weighted by Gasteiger charge is -2.05. The first-order chi connectivity index (χ1) is 8.76. The van der Waals surface area contributed by atoms with Crippen LogP contribution in [0.4, 0.5) is 0 Å². The summed E-state index contributed by atoms with van der Waals surface area (Å²) in [5.41, 5.74) is 2.00. The van der Waals surface area contributed by atoms with Crippen LogP contribution in [-0.4, -0.2) is 19.7 Å². The SMILES string of the molecule is CCCCC1Cc2cc(OCOC)ccc2C1=O. The van der Waals surface area contributed by atoms with Gasteiger partial charge in [0.25, 0.3) is 0 Å². The Kier molecular flexibility index (Phi) is 4.37. The van der Waals surface area contributed by atoms with E-state index < -0.39 is 0 Å². The van der Waals surface area contributed by atoms with E-state index in [1.165, 1.54) is 0 Å². The lowest BCUT2D eigenvalue weighted by atomic mass is 9.98. The van der Waals surface area contributed by atoms with Crippen LogP contribution in [0.3, 0.4) is 0 Å². The molecule has 1 atom stereocenters. The van der Waals surface area contributed by atoms with E-state index in [0.717, 1.165) is 42.6 Å². The molecule has 0 fully saturated rings. The monoisotopic (exact) mass is 248 g/mol. The summed E-state index contributed by atoms with van der Waals surface area (Å²) >= 11 is 0. The van der Waals surface area contributed by atoms with Crippen LogP contribution in [0.1, 0.15) is 42.1 Å². The maximum absolute atomic E-state index is 12.2. The highest BCUT2D eigenvalue weighted by atomic mass is 16.7. The molecule has 1 unspecified atom stereocenters. The summed E-state index contributed by atoms with van der Waals surface area (Å²) in [6, 6.07) is 5.70. The summed E-state index contributed by atoms with van der Waals surface area (Å²) in [6.45, 7) is 2.40. The fourth-order valence-corrected chi connectivity index (χ4v) is 2.46. The van der Waals surface area contributed by atoms with Crippen molar-refractivity contribution in [1.82, 2.24) is 0 Å². The van der Waals surface area contributed by atoms with Gasteiger partial charge in [-0.15, -0.1) is 0 Å². The van der Waals surface area contributed by atoms with Gasteiger partial charge in [-0.25, -0.2) is 0 Å². The Bertz CT molecular complexity index is 426. The van der Waals surface area contributed by atoms with Crippen molar-refractivity contribution < 1.29 is 14.3 Å². The molecule has 0 heterocycles. The zero-order valence-corrected chi connectivity index (χ0v) is 11.1. The first-order valence-electron chi connectivity index (χ1n) is 6.55. The van der Waals surface area contributed by atoms with E-state index in [1.54, 1.807) is 7.11 Å². The molecule has 3 heteroatoms. The molecule has 0 spiro atoms. The molecule has 0 saturated carbocycles. The van der Waals surface area contributed by atoms with Gasteiger partial charge in [0.15, 0.2) is 12.6 Å². The topological polar surface area (TPSA) is 35.5 Å². The Hall–Kier alpha value is -1.35. The Labute approximate surface area is 108 Å². The van der Waals surface area contributed by atoms with Crippen molar-refractivity contribution >= 4 is 5.78 Å². The van der Waals surface area contributed by atoms with E-state index in [2.05, 4.69) is 6.92 Å². The largest absolute Gasteiger partial charge is 0.468 e. The number of ether oxygens (including phenoxy) is 2. The summed E-state index contributed by atoms with van der Waals surface area (Å²) in [7, 11) is 1.59. The molecule has 0 saturated heterocycles. The molecule has 1 aliphatic carbocycles. The van der Waals surface area contributed by atoms with Gasteiger partial charge in [0.05, 0.1) is 0 Å². The molecule has 0 amide bonds. The van der Waals surface area contributed by atoms with Gasteiger partial charge in [0.2, 0.25) is 0 Å². The Morgan fingerprint density at radius 3 is 2.94 bits per heavy atom. The molecule has 0 aromatic heterocycles. The molecular weight excluding hydrogens is 228 g/mol. The van der Waals surface area contributed by atoms with E-state index in [4.69, 9.17) is 9.47 Å². The van der Waals surface area contributed by atoms with Gasteiger partial charge in [-0.05, 0) is 36.6 Å². The summed E-state index contributed by atoms with van der Waals surface area (Å²) in [5.74, 6) is 1.26. The maximum Gasteiger partial charge on any atom is 0.188 e. The number of carbonyl (C=O) groups excluding carboxylic acids is 1. The van der Waals surface area contributed by atoms with Gasteiger partial charge in [0, 0.05) is 18.6 Å². The maximum atomic E-state index is 12.2. The minimum atomic E-state index is 0.178. The van der Waals surface area contributed by atoms with Crippen LogP contribution >= 0.6 is 0 Å². The van der Waals surface area contributed by atoms with Gasteiger partial charge in [0.1, 0.15) is 5.75 Å². The number of hydrogen-bond donors (Lipinski definition) is 0. The molecule has 3 nitrogen and oxygen atoms in total. The van der Waals surface area contributed by atoms with Crippen molar-refractivity contribution in [3.63, 3.8) is 0 Å². The number of methoxy groups -OCH3 is 1. The second-order valence-corrected chi connectivity index (χ2v) is 4.78. The van der Waals surface area contributed by atoms with E-state index in [0.29, 0.717) is 5.78 Å². The van der Waals surface area contributed by atoms with Crippen molar-refractivity contribution in [2.24, 2.45) is 5.92 Å². The van der Waals surface area contributed by atoms with E-state index >= 15 is 0 Å². The quantitative estimate of drug-likeness (QED) is 0.725. The molecule has 0 bridgehead atoms. The second-order valence-electron chi connectivity index (χ2n) is 4.78. The first kappa shape index (κ1) is 13.1.